The second-order valence-electron chi connectivity index (χ2n) is 3.11. The second kappa shape index (κ2) is 6.02. The molecule has 0 bridgehead atoms. The number of esters is 1. The number of hydrogen-bond donors (Lipinski definition) is 3. The fraction of sp³-hybridized carbons (Fsp3) is 0.625. The molecule has 0 aromatic rings. The van der Waals surface area contributed by atoms with E-state index in [0.717, 1.165) is 0 Å². The molecule has 0 aromatic heterocycles. The van der Waals surface area contributed by atoms with Crippen LogP contribution in [0.15, 0.2) is 11.6 Å². The van der Waals surface area contributed by atoms with Crippen molar-refractivity contribution in [2.45, 2.75) is 19.9 Å². The molecule has 0 aliphatic heterocycles. The Balaban J connectivity index is 4.35. The smallest absolute Gasteiger partial charge is 0.329 e. The standard InChI is InChI=1S/C8H16NO5P/c1-3-14-8(10)7(9)4-6(2)5-15(11,12)13/h4,7H,3,5,9H2,1-2H3,(H2,11,12,13)/b6-4+. The molecule has 0 saturated heterocycles. The van der Waals surface area contributed by atoms with Crippen LogP contribution in [0.2, 0.25) is 0 Å². The van der Waals surface area contributed by atoms with Gasteiger partial charge in [0.2, 0.25) is 0 Å². The fourth-order valence-corrected chi connectivity index (χ4v) is 1.75. The van der Waals surface area contributed by atoms with Gasteiger partial charge in [0.05, 0.1) is 12.8 Å². The van der Waals surface area contributed by atoms with Crippen LogP contribution in [-0.4, -0.2) is 34.6 Å². The Hall–Kier alpha value is -0.680. The average Bonchev–Trinajstić information content (AvgIpc) is 2.00. The van der Waals surface area contributed by atoms with Gasteiger partial charge in [-0.05, 0) is 13.8 Å². The summed E-state index contributed by atoms with van der Waals surface area (Å²) in [6, 6.07) is -0.975. The van der Waals surface area contributed by atoms with E-state index in [2.05, 4.69) is 4.74 Å². The molecule has 0 rings (SSSR count). The maximum Gasteiger partial charge on any atom is 0.329 e. The van der Waals surface area contributed by atoms with E-state index < -0.39 is 25.8 Å². The quantitative estimate of drug-likeness (QED) is 0.352. The van der Waals surface area contributed by atoms with Gasteiger partial charge in [0.1, 0.15) is 6.04 Å². The van der Waals surface area contributed by atoms with Gasteiger partial charge >= 0.3 is 13.6 Å². The van der Waals surface area contributed by atoms with Gasteiger partial charge in [-0.3, -0.25) is 9.36 Å². The summed E-state index contributed by atoms with van der Waals surface area (Å²) in [5.41, 5.74) is 5.78. The van der Waals surface area contributed by atoms with Crippen LogP contribution in [0.4, 0.5) is 0 Å². The molecule has 15 heavy (non-hydrogen) atoms. The molecule has 0 spiro atoms. The highest BCUT2D eigenvalue weighted by atomic mass is 31.2. The largest absolute Gasteiger partial charge is 0.465 e. The summed E-state index contributed by atoms with van der Waals surface area (Å²) in [4.78, 5) is 28.4. The Morgan fingerprint density at radius 3 is 2.53 bits per heavy atom. The number of ether oxygens (including phenoxy) is 1. The molecule has 0 aliphatic rings. The molecule has 4 N–H and O–H groups in total. The minimum absolute atomic E-state index is 0.220. The van der Waals surface area contributed by atoms with Crippen molar-refractivity contribution in [1.29, 1.82) is 0 Å². The van der Waals surface area contributed by atoms with Crippen LogP contribution in [0.1, 0.15) is 13.8 Å². The molecule has 1 atom stereocenters. The Kier molecular flexibility index (Phi) is 5.75. The average molecular weight is 237 g/mol. The molecular formula is C8H16NO5P. The van der Waals surface area contributed by atoms with Crippen LogP contribution in [0.3, 0.4) is 0 Å². The van der Waals surface area contributed by atoms with Crippen molar-refractivity contribution in [2.24, 2.45) is 5.73 Å². The van der Waals surface area contributed by atoms with Crippen molar-refractivity contribution in [3.63, 3.8) is 0 Å². The maximum atomic E-state index is 11.1. The Morgan fingerprint density at radius 2 is 2.13 bits per heavy atom. The maximum absolute atomic E-state index is 11.1. The summed E-state index contributed by atoms with van der Waals surface area (Å²) in [5, 5.41) is 0. The van der Waals surface area contributed by atoms with Gasteiger partial charge in [-0.2, -0.15) is 0 Å². The highest BCUT2D eigenvalue weighted by Gasteiger charge is 2.16. The van der Waals surface area contributed by atoms with Crippen LogP contribution in [-0.2, 0) is 14.1 Å². The van der Waals surface area contributed by atoms with E-state index in [9.17, 15) is 9.36 Å². The third kappa shape index (κ3) is 7.27. The van der Waals surface area contributed by atoms with Gasteiger partial charge in [-0.15, -0.1) is 0 Å². The molecule has 0 saturated carbocycles. The van der Waals surface area contributed by atoms with Gasteiger partial charge in [-0.1, -0.05) is 11.6 Å². The predicted molar refractivity (Wildman–Crippen MR) is 55.3 cm³/mol. The lowest BCUT2D eigenvalue weighted by Crippen LogP contribution is -2.30. The summed E-state index contributed by atoms with van der Waals surface area (Å²) in [6.45, 7) is 3.37. The Bertz CT molecular complexity index is 295. The third-order valence-corrected chi connectivity index (χ3v) is 2.39. The van der Waals surface area contributed by atoms with Crippen LogP contribution < -0.4 is 5.73 Å². The van der Waals surface area contributed by atoms with E-state index in [1.54, 1.807) is 6.92 Å². The highest BCUT2D eigenvalue weighted by molar-refractivity contribution is 7.52. The topological polar surface area (TPSA) is 110 Å². The van der Waals surface area contributed by atoms with Crippen molar-refractivity contribution in [3.8, 4) is 0 Å². The van der Waals surface area contributed by atoms with Crippen molar-refractivity contribution in [2.75, 3.05) is 12.8 Å². The zero-order valence-electron chi connectivity index (χ0n) is 8.71. The molecule has 0 radical (unpaired) electrons. The lowest BCUT2D eigenvalue weighted by molar-refractivity contribution is -0.143. The van der Waals surface area contributed by atoms with Crippen molar-refractivity contribution >= 4 is 13.6 Å². The van der Waals surface area contributed by atoms with Gasteiger partial charge in [-0.25, -0.2) is 0 Å². The predicted octanol–water partition coefficient (Wildman–Crippen LogP) is 0.000800. The number of allylic oxidation sites excluding steroid dienone is 1. The number of hydrogen-bond acceptors (Lipinski definition) is 4. The first-order valence-corrected chi connectivity index (χ1v) is 6.20. The summed E-state index contributed by atoms with van der Waals surface area (Å²) < 4.78 is 15.2. The van der Waals surface area contributed by atoms with E-state index in [1.165, 1.54) is 13.0 Å². The molecule has 88 valence electrons. The lowest BCUT2D eigenvalue weighted by atomic mass is 10.2. The number of carbonyl (C=O) groups excluding carboxylic acids is 1. The summed E-state index contributed by atoms with van der Waals surface area (Å²) in [5.74, 6) is -0.609. The first-order valence-electron chi connectivity index (χ1n) is 4.40. The molecule has 6 nitrogen and oxygen atoms in total. The molecule has 0 heterocycles. The third-order valence-electron chi connectivity index (χ3n) is 1.48. The summed E-state index contributed by atoms with van der Waals surface area (Å²) >= 11 is 0. The van der Waals surface area contributed by atoms with E-state index >= 15 is 0 Å². The van der Waals surface area contributed by atoms with Crippen molar-refractivity contribution in [3.05, 3.63) is 11.6 Å². The number of nitrogens with two attached hydrogens (primary N) is 1. The molecule has 1 unspecified atom stereocenters. The lowest BCUT2D eigenvalue weighted by Gasteiger charge is -2.08. The normalized spacial score (nSPS) is 14.9. The molecule has 0 fully saturated rings. The fourth-order valence-electron chi connectivity index (χ4n) is 0.991. The minimum Gasteiger partial charge on any atom is -0.465 e. The van der Waals surface area contributed by atoms with E-state index in [1.807, 2.05) is 0 Å². The van der Waals surface area contributed by atoms with E-state index in [0.29, 0.717) is 5.57 Å². The first kappa shape index (κ1) is 14.3. The SMILES string of the molecule is CCOC(=O)C(N)/C=C(\C)CP(=O)(O)O. The number of carbonyl (C=O) groups is 1. The Morgan fingerprint density at radius 1 is 1.60 bits per heavy atom. The Labute approximate surface area is 88.3 Å². The van der Waals surface area contributed by atoms with Crippen LogP contribution >= 0.6 is 7.60 Å². The van der Waals surface area contributed by atoms with E-state index in [-0.39, 0.29) is 6.61 Å². The zero-order chi connectivity index (χ0) is 12.1. The van der Waals surface area contributed by atoms with Crippen LogP contribution in [0, 0.1) is 0 Å². The van der Waals surface area contributed by atoms with Crippen molar-refractivity contribution < 1.29 is 23.9 Å². The van der Waals surface area contributed by atoms with Gasteiger partial charge in [0.15, 0.2) is 0 Å². The molecule has 0 aliphatic carbocycles. The van der Waals surface area contributed by atoms with Crippen LogP contribution in [0.25, 0.3) is 0 Å². The summed E-state index contributed by atoms with van der Waals surface area (Å²) in [6.07, 6.45) is 0.886. The molecule has 0 aromatic carbocycles. The van der Waals surface area contributed by atoms with E-state index in [4.69, 9.17) is 15.5 Å². The van der Waals surface area contributed by atoms with Gasteiger partial charge in [0, 0.05) is 0 Å². The molecular weight excluding hydrogens is 221 g/mol. The van der Waals surface area contributed by atoms with Crippen LogP contribution in [0.5, 0.6) is 0 Å². The second-order valence-corrected chi connectivity index (χ2v) is 4.76. The van der Waals surface area contributed by atoms with Gasteiger partial charge in [0.25, 0.3) is 0 Å². The highest BCUT2D eigenvalue weighted by Crippen LogP contribution is 2.36. The summed E-state index contributed by atoms with van der Waals surface area (Å²) in [7, 11) is -4.10. The zero-order valence-corrected chi connectivity index (χ0v) is 9.61. The first-order chi connectivity index (χ1) is 6.76. The molecule has 0 amide bonds. The number of rotatable bonds is 5. The minimum atomic E-state index is -4.10. The molecule has 7 heteroatoms. The monoisotopic (exact) mass is 237 g/mol. The van der Waals surface area contributed by atoms with Crippen molar-refractivity contribution in [1.82, 2.24) is 0 Å². The van der Waals surface area contributed by atoms with Gasteiger partial charge < -0.3 is 20.3 Å².